The van der Waals surface area contributed by atoms with E-state index >= 15 is 0 Å². The van der Waals surface area contributed by atoms with Gasteiger partial charge in [0.25, 0.3) is 5.91 Å². The highest BCUT2D eigenvalue weighted by molar-refractivity contribution is 6.31. The Labute approximate surface area is 192 Å². The predicted molar refractivity (Wildman–Crippen MR) is 125 cm³/mol. The fourth-order valence-electron chi connectivity index (χ4n) is 6.87. The largest absolute Gasteiger partial charge is 0.422 e. The van der Waals surface area contributed by atoms with Crippen molar-refractivity contribution < 1.29 is 9.21 Å². The Morgan fingerprint density at radius 3 is 2.38 bits per heavy atom. The lowest BCUT2D eigenvalue weighted by Crippen LogP contribution is -2.60. The highest BCUT2D eigenvalue weighted by atomic mass is 35.5. The van der Waals surface area contributed by atoms with E-state index in [1.807, 2.05) is 36.4 Å². The average Bonchev–Trinajstić information content (AvgIpc) is 2.74. The van der Waals surface area contributed by atoms with Gasteiger partial charge in [-0.1, -0.05) is 35.9 Å². The Bertz CT molecular complexity index is 1240. The molecule has 0 radical (unpaired) electrons. The molecule has 4 aliphatic rings. The molecule has 7 rings (SSSR count). The van der Waals surface area contributed by atoms with Crippen LogP contribution in [-0.4, -0.2) is 11.4 Å². The number of halogens is 1. The smallest absolute Gasteiger partial charge is 0.349 e. The topological polar surface area (TPSA) is 59.3 Å². The molecular formula is C27H26ClNO3. The van der Waals surface area contributed by atoms with Gasteiger partial charge in [-0.3, -0.25) is 4.79 Å². The maximum Gasteiger partial charge on any atom is 0.349 e. The summed E-state index contributed by atoms with van der Waals surface area (Å²) < 4.78 is 5.52. The summed E-state index contributed by atoms with van der Waals surface area (Å²) >= 11 is 6.31. The zero-order chi connectivity index (χ0) is 21.9. The lowest BCUT2D eigenvalue weighted by Gasteiger charge is -2.56. The summed E-state index contributed by atoms with van der Waals surface area (Å²) in [5, 5.41) is 4.77. The van der Waals surface area contributed by atoms with E-state index < -0.39 is 5.63 Å². The zero-order valence-corrected chi connectivity index (χ0v) is 18.7. The van der Waals surface area contributed by atoms with Crippen molar-refractivity contribution in [3.8, 4) is 0 Å². The first-order chi connectivity index (χ1) is 15.5. The van der Waals surface area contributed by atoms with Gasteiger partial charge in [0, 0.05) is 15.9 Å². The fraction of sp³-hybridized carbons (Fsp3) is 0.407. The monoisotopic (exact) mass is 447 g/mol. The summed E-state index contributed by atoms with van der Waals surface area (Å²) in [6.07, 6.45) is 7.73. The normalized spacial score (nSPS) is 28.2. The summed E-state index contributed by atoms with van der Waals surface area (Å²) in [7, 11) is 0. The Morgan fingerprint density at radius 1 is 1.00 bits per heavy atom. The first-order valence-electron chi connectivity index (χ1n) is 11.6. The van der Waals surface area contributed by atoms with Gasteiger partial charge in [-0.15, -0.1) is 0 Å². The van der Waals surface area contributed by atoms with Crippen LogP contribution in [0.3, 0.4) is 0 Å². The lowest BCUT2D eigenvalue weighted by atomic mass is 9.53. The second kappa shape index (κ2) is 7.48. The molecule has 4 nitrogen and oxygen atoms in total. The van der Waals surface area contributed by atoms with Crippen LogP contribution in [0.25, 0.3) is 11.0 Å². The van der Waals surface area contributed by atoms with Gasteiger partial charge in [-0.25, -0.2) is 4.79 Å². The molecule has 1 N–H and O–H groups in total. The Morgan fingerprint density at radius 2 is 1.69 bits per heavy atom. The van der Waals surface area contributed by atoms with Crippen molar-refractivity contribution in [1.82, 2.24) is 5.32 Å². The van der Waals surface area contributed by atoms with E-state index in [4.69, 9.17) is 16.0 Å². The summed E-state index contributed by atoms with van der Waals surface area (Å²) in [5.74, 6) is 1.88. The van der Waals surface area contributed by atoms with Gasteiger partial charge < -0.3 is 9.73 Å². The third kappa shape index (κ3) is 3.55. The molecule has 0 unspecified atom stereocenters. The predicted octanol–water partition coefficient (Wildman–Crippen LogP) is 5.74. The summed E-state index contributed by atoms with van der Waals surface area (Å²) in [4.78, 5) is 25.9. The van der Waals surface area contributed by atoms with Crippen LogP contribution in [0.2, 0.25) is 5.02 Å². The van der Waals surface area contributed by atoms with Gasteiger partial charge in [0.2, 0.25) is 0 Å². The zero-order valence-electron chi connectivity index (χ0n) is 17.9. The second-order valence-corrected chi connectivity index (χ2v) is 10.6. The molecule has 0 saturated heterocycles. The molecule has 4 fully saturated rings. The van der Waals surface area contributed by atoms with Gasteiger partial charge in [-0.2, -0.15) is 0 Å². The minimum absolute atomic E-state index is 0.100. The van der Waals surface area contributed by atoms with Crippen LogP contribution < -0.4 is 10.9 Å². The first kappa shape index (κ1) is 20.0. The van der Waals surface area contributed by atoms with Crippen molar-refractivity contribution in [3.63, 3.8) is 0 Å². The molecule has 32 heavy (non-hydrogen) atoms. The molecular weight excluding hydrogens is 422 g/mol. The van der Waals surface area contributed by atoms with Gasteiger partial charge in [0.1, 0.15) is 11.1 Å². The summed E-state index contributed by atoms with van der Waals surface area (Å²) in [6, 6.07) is 15.2. The average molecular weight is 448 g/mol. The number of amides is 1. The molecule has 3 aromatic rings. The minimum atomic E-state index is -0.571. The van der Waals surface area contributed by atoms with Crippen molar-refractivity contribution in [2.75, 3.05) is 0 Å². The molecule has 0 aliphatic heterocycles. The van der Waals surface area contributed by atoms with Crippen LogP contribution in [0.15, 0.2) is 57.7 Å². The van der Waals surface area contributed by atoms with E-state index in [1.54, 1.807) is 12.1 Å². The SMILES string of the molecule is O=C(NC12CC3CC(CC(C3)C1)C2)c1cc2cc(Cc3ccccc3Cl)ccc2oc1=O. The first-order valence-corrected chi connectivity index (χ1v) is 12.0. The number of benzene rings is 2. The maximum absolute atomic E-state index is 13.2. The van der Waals surface area contributed by atoms with Crippen molar-refractivity contribution in [1.29, 1.82) is 0 Å². The molecule has 5 heteroatoms. The van der Waals surface area contributed by atoms with Crippen LogP contribution in [0.5, 0.6) is 0 Å². The molecule has 164 valence electrons. The minimum Gasteiger partial charge on any atom is -0.422 e. The maximum atomic E-state index is 13.2. The standard InChI is InChI=1S/C27H26ClNO3/c28-23-4-2-1-3-20(23)10-16-5-6-24-21(11-16)12-22(26(31)32-24)25(30)29-27-13-17-7-18(14-27)9-19(8-17)15-27/h1-6,11-12,17-19H,7-10,13-15H2,(H,29,30). The van der Waals surface area contributed by atoms with E-state index in [1.165, 1.54) is 19.3 Å². The molecule has 0 spiro atoms. The highest BCUT2D eigenvalue weighted by Crippen LogP contribution is 2.55. The third-order valence-corrected chi connectivity index (χ3v) is 8.18. The van der Waals surface area contributed by atoms with E-state index in [0.717, 1.165) is 58.6 Å². The van der Waals surface area contributed by atoms with Crippen LogP contribution in [0.1, 0.15) is 60.0 Å². The van der Waals surface area contributed by atoms with E-state index in [0.29, 0.717) is 12.0 Å². The Hall–Kier alpha value is -2.59. The van der Waals surface area contributed by atoms with Gasteiger partial charge in [0.15, 0.2) is 0 Å². The Balaban J connectivity index is 1.29. The number of carbonyl (C=O) groups is 1. The van der Waals surface area contributed by atoms with E-state index in [2.05, 4.69) is 5.32 Å². The summed E-state index contributed by atoms with van der Waals surface area (Å²) in [5.41, 5.74) is 1.96. The van der Waals surface area contributed by atoms with Crippen LogP contribution >= 0.6 is 11.6 Å². The summed E-state index contributed by atoms with van der Waals surface area (Å²) in [6.45, 7) is 0. The number of hydrogen-bond donors (Lipinski definition) is 1. The quantitative estimate of drug-likeness (QED) is 0.519. The number of carbonyl (C=O) groups excluding carboxylic acids is 1. The molecule has 4 aliphatic carbocycles. The molecule has 1 amide bonds. The molecule has 1 heterocycles. The molecule has 2 aromatic carbocycles. The second-order valence-electron chi connectivity index (χ2n) is 10.2. The van der Waals surface area contributed by atoms with Crippen LogP contribution in [0, 0.1) is 17.8 Å². The van der Waals surface area contributed by atoms with Crippen LogP contribution in [-0.2, 0) is 6.42 Å². The number of hydrogen-bond acceptors (Lipinski definition) is 3. The van der Waals surface area contributed by atoms with Crippen LogP contribution in [0.4, 0.5) is 0 Å². The lowest BCUT2D eigenvalue weighted by molar-refractivity contribution is -0.0167. The fourth-order valence-corrected chi connectivity index (χ4v) is 7.08. The molecule has 1 aromatic heterocycles. The third-order valence-electron chi connectivity index (χ3n) is 7.81. The number of nitrogens with one attached hydrogen (secondary N) is 1. The molecule has 4 bridgehead atoms. The molecule has 0 atom stereocenters. The molecule has 4 saturated carbocycles. The van der Waals surface area contributed by atoms with Gasteiger partial charge >= 0.3 is 5.63 Å². The Kier molecular flexibility index (Phi) is 4.69. The van der Waals surface area contributed by atoms with Gasteiger partial charge in [0.05, 0.1) is 0 Å². The van der Waals surface area contributed by atoms with E-state index in [9.17, 15) is 9.59 Å². The highest BCUT2D eigenvalue weighted by Gasteiger charge is 2.51. The van der Waals surface area contributed by atoms with E-state index in [-0.39, 0.29) is 17.0 Å². The van der Waals surface area contributed by atoms with Crippen molar-refractivity contribution in [3.05, 3.63) is 80.7 Å². The van der Waals surface area contributed by atoms with Crippen molar-refractivity contribution in [2.45, 2.75) is 50.5 Å². The number of fused-ring (bicyclic) bond motifs is 1. The van der Waals surface area contributed by atoms with Crippen molar-refractivity contribution >= 4 is 28.5 Å². The van der Waals surface area contributed by atoms with Crippen molar-refractivity contribution in [2.24, 2.45) is 17.8 Å². The number of rotatable bonds is 4. The van der Waals surface area contributed by atoms with Gasteiger partial charge in [-0.05, 0) is 98.1 Å².